The van der Waals surface area contributed by atoms with Crippen molar-refractivity contribution >= 4 is 5.91 Å². The van der Waals surface area contributed by atoms with Crippen LogP contribution in [0.15, 0.2) is 17.2 Å². The average molecular weight is 278 g/mol. The Bertz CT molecular complexity index is 530. The van der Waals surface area contributed by atoms with Crippen LogP contribution in [0.1, 0.15) is 25.5 Å². The molecule has 1 amide bonds. The van der Waals surface area contributed by atoms with Crippen LogP contribution in [0.4, 0.5) is 0 Å². The van der Waals surface area contributed by atoms with Gasteiger partial charge >= 0.3 is 0 Å². The molecule has 6 heteroatoms. The minimum atomic E-state index is -0.161. The average Bonchev–Trinajstić information content (AvgIpc) is 2.41. The summed E-state index contributed by atoms with van der Waals surface area (Å²) < 4.78 is 1.38. The molecule has 1 aromatic rings. The fourth-order valence-corrected chi connectivity index (χ4v) is 2.18. The van der Waals surface area contributed by atoms with Gasteiger partial charge in [-0.05, 0) is 13.0 Å². The number of likely N-dealkylation sites (N-methyl/N-ethyl adjacent to an activating group) is 1. The van der Waals surface area contributed by atoms with Crippen LogP contribution in [0.5, 0.6) is 0 Å². The molecule has 0 unspecified atom stereocenters. The van der Waals surface area contributed by atoms with E-state index in [1.54, 1.807) is 0 Å². The van der Waals surface area contributed by atoms with Crippen molar-refractivity contribution in [3.63, 3.8) is 0 Å². The summed E-state index contributed by atoms with van der Waals surface area (Å²) in [6.45, 7) is 7.26. The van der Waals surface area contributed by atoms with Crippen LogP contribution in [0.3, 0.4) is 0 Å². The van der Waals surface area contributed by atoms with Gasteiger partial charge in [0.2, 0.25) is 5.91 Å². The maximum atomic E-state index is 12.2. The van der Waals surface area contributed by atoms with Gasteiger partial charge in [-0.2, -0.15) is 0 Å². The van der Waals surface area contributed by atoms with Gasteiger partial charge in [0.1, 0.15) is 6.54 Å². The van der Waals surface area contributed by atoms with Crippen LogP contribution in [-0.4, -0.2) is 58.5 Å². The highest BCUT2D eigenvalue weighted by molar-refractivity contribution is 5.76. The van der Waals surface area contributed by atoms with Gasteiger partial charge in [0.25, 0.3) is 5.56 Å². The Hall–Kier alpha value is -1.69. The summed E-state index contributed by atoms with van der Waals surface area (Å²) in [5, 5.41) is 0. The molecule has 0 bridgehead atoms. The van der Waals surface area contributed by atoms with Gasteiger partial charge in [-0.3, -0.25) is 14.2 Å². The van der Waals surface area contributed by atoms with Crippen LogP contribution in [0.25, 0.3) is 0 Å². The minimum Gasteiger partial charge on any atom is -0.339 e. The van der Waals surface area contributed by atoms with E-state index in [9.17, 15) is 9.59 Å². The van der Waals surface area contributed by atoms with Gasteiger partial charge in [0, 0.05) is 32.2 Å². The quantitative estimate of drug-likeness (QED) is 0.789. The highest BCUT2D eigenvalue weighted by atomic mass is 16.2. The highest BCUT2D eigenvalue weighted by Gasteiger charge is 2.19. The summed E-state index contributed by atoms with van der Waals surface area (Å²) in [4.78, 5) is 32.4. The van der Waals surface area contributed by atoms with Gasteiger partial charge in [-0.25, -0.2) is 4.98 Å². The SMILES string of the molecule is CC(C)c1cc(=O)n(CC(=O)N2CCN(C)CC2)cn1. The van der Waals surface area contributed by atoms with E-state index in [0.717, 1.165) is 31.9 Å². The number of nitrogens with zero attached hydrogens (tertiary/aromatic N) is 4. The van der Waals surface area contributed by atoms with Crippen molar-refractivity contribution in [2.24, 2.45) is 0 Å². The third kappa shape index (κ3) is 3.45. The molecule has 1 aromatic heterocycles. The second-order valence-corrected chi connectivity index (χ2v) is 5.62. The minimum absolute atomic E-state index is 0.0145. The maximum Gasteiger partial charge on any atom is 0.254 e. The summed E-state index contributed by atoms with van der Waals surface area (Å²) in [5.74, 6) is 0.199. The van der Waals surface area contributed by atoms with E-state index in [1.807, 2.05) is 25.8 Å². The van der Waals surface area contributed by atoms with E-state index in [1.165, 1.54) is 17.0 Å². The van der Waals surface area contributed by atoms with Crippen molar-refractivity contribution < 1.29 is 4.79 Å². The molecule has 1 aliphatic rings. The molecule has 0 saturated carbocycles. The maximum absolute atomic E-state index is 12.2. The number of carbonyl (C=O) groups excluding carboxylic acids is 1. The smallest absolute Gasteiger partial charge is 0.254 e. The molecule has 110 valence electrons. The number of piperazine rings is 1. The Labute approximate surface area is 119 Å². The van der Waals surface area contributed by atoms with Crippen LogP contribution in [0, 0.1) is 0 Å². The zero-order valence-corrected chi connectivity index (χ0v) is 12.4. The van der Waals surface area contributed by atoms with Gasteiger partial charge in [0.05, 0.1) is 12.0 Å². The van der Waals surface area contributed by atoms with Crippen LogP contribution in [0.2, 0.25) is 0 Å². The van der Waals surface area contributed by atoms with Crippen molar-refractivity contribution in [3.8, 4) is 0 Å². The first-order valence-electron chi connectivity index (χ1n) is 7.00. The molecule has 6 nitrogen and oxygen atoms in total. The van der Waals surface area contributed by atoms with E-state index in [2.05, 4.69) is 9.88 Å². The zero-order valence-electron chi connectivity index (χ0n) is 12.4. The standard InChI is InChI=1S/C14H22N4O2/c1-11(2)12-8-13(19)18(10-15-12)9-14(20)17-6-4-16(3)5-7-17/h8,10-11H,4-7,9H2,1-3H3. The predicted octanol–water partition coefficient (Wildman–Crippen LogP) is 0.141. The monoisotopic (exact) mass is 278 g/mol. The topological polar surface area (TPSA) is 58.4 Å². The Balaban J connectivity index is 2.03. The van der Waals surface area contributed by atoms with Crippen molar-refractivity contribution in [1.29, 1.82) is 0 Å². The molecule has 0 aliphatic carbocycles. The van der Waals surface area contributed by atoms with Gasteiger partial charge in [-0.15, -0.1) is 0 Å². The predicted molar refractivity (Wildman–Crippen MR) is 76.7 cm³/mol. The number of rotatable bonds is 3. The molecule has 1 saturated heterocycles. The highest BCUT2D eigenvalue weighted by Crippen LogP contribution is 2.07. The second kappa shape index (κ2) is 6.17. The number of aromatic nitrogens is 2. The third-order valence-corrected chi connectivity index (χ3v) is 3.65. The molecule has 20 heavy (non-hydrogen) atoms. The van der Waals surface area contributed by atoms with Gasteiger partial charge in [0.15, 0.2) is 0 Å². The lowest BCUT2D eigenvalue weighted by atomic mass is 10.1. The third-order valence-electron chi connectivity index (χ3n) is 3.65. The zero-order chi connectivity index (χ0) is 14.7. The first-order valence-corrected chi connectivity index (χ1v) is 7.00. The molecular weight excluding hydrogens is 256 g/mol. The molecule has 0 atom stereocenters. The fourth-order valence-electron chi connectivity index (χ4n) is 2.18. The molecule has 2 rings (SSSR count). The number of hydrogen-bond acceptors (Lipinski definition) is 4. The number of carbonyl (C=O) groups is 1. The largest absolute Gasteiger partial charge is 0.339 e. The van der Waals surface area contributed by atoms with Crippen LogP contribution >= 0.6 is 0 Å². The summed E-state index contributed by atoms with van der Waals surface area (Å²) >= 11 is 0. The lowest BCUT2D eigenvalue weighted by Gasteiger charge is -2.32. The van der Waals surface area contributed by atoms with Crippen molar-refractivity contribution in [3.05, 3.63) is 28.4 Å². The van der Waals surface area contributed by atoms with E-state index in [0.29, 0.717) is 0 Å². The van der Waals surface area contributed by atoms with Crippen LogP contribution < -0.4 is 5.56 Å². The van der Waals surface area contributed by atoms with Crippen molar-refractivity contribution in [2.45, 2.75) is 26.3 Å². The molecule has 0 N–H and O–H groups in total. The first-order chi connectivity index (χ1) is 9.47. The molecule has 1 aliphatic heterocycles. The Morgan fingerprint density at radius 3 is 2.50 bits per heavy atom. The van der Waals surface area contributed by atoms with E-state index >= 15 is 0 Å². The van der Waals surface area contributed by atoms with E-state index < -0.39 is 0 Å². The summed E-state index contributed by atoms with van der Waals surface area (Å²) in [6, 6.07) is 1.52. The Morgan fingerprint density at radius 1 is 1.30 bits per heavy atom. The molecule has 0 spiro atoms. The molecular formula is C14H22N4O2. The summed E-state index contributed by atoms with van der Waals surface area (Å²) in [5.41, 5.74) is 0.601. The van der Waals surface area contributed by atoms with E-state index in [-0.39, 0.29) is 23.9 Å². The summed E-state index contributed by atoms with van der Waals surface area (Å²) in [6.07, 6.45) is 1.48. The normalized spacial score (nSPS) is 16.7. The Morgan fingerprint density at radius 2 is 1.95 bits per heavy atom. The van der Waals surface area contributed by atoms with Crippen molar-refractivity contribution in [2.75, 3.05) is 33.2 Å². The first kappa shape index (κ1) is 14.7. The lowest BCUT2D eigenvalue weighted by Crippen LogP contribution is -2.48. The molecule has 0 radical (unpaired) electrons. The second-order valence-electron chi connectivity index (χ2n) is 5.62. The molecule has 2 heterocycles. The molecule has 1 fully saturated rings. The number of hydrogen-bond donors (Lipinski definition) is 0. The summed E-state index contributed by atoms with van der Waals surface area (Å²) in [7, 11) is 2.04. The number of amides is 1. The fraction of sp³-hybridized carbons (Fsp3) is 0.643. The molecule has 0 aromatic carbocycles. The van der Waals surface area contributed by atoms with Crippen molar-refractivity contribution in [1.82, 2.24) is 19.4 Å². The lowest BCUT2D eigenvalue weighted by molar-refractivity contribution is -0.133. The Kier molecular flexibility index (Phi) is 4.54. The van der Waals surface area contributed by atoms with Gasteiger partial charge in [-0.1, -0.05) is 13.8 Å². The van der Waals surface area contributed by atoms with E-state index in [4.69, 9.17) is 0 Å². The van der Waals surface area contributed by atoms with Gasteiger partial charge < -0.3 is 9.80 Å². The van der Waals surface area contributed by atoms with Crippen LogP contribution in [-0.2, 0) is 11.3 Å².